The van der Waals surface area contributed by atoms with E-state index in [4.69, 9.17) is 0 Å². The topological polar surface area (TPSA) is 41.1 Å². The smallest absolute Gasteiger partial charge is 0.223 e. The van der Waals surface area contributed by atoms with Crippen LogP contribution in [0.3, 0.4) is 0 Å². The quantitative estimate of drug-likeness (QED) is 0.720. The Morgan fingerprint density at radius 3 is 2.65 bits per heavy atom. The van der Waals surface area contributed by atoms with Crippen LogP contribution in [-0.2, 0) is 4.79 Å². The lowest BCUT2D eigenvalue weighted by atomic mass is 9.75. The lowest BCUT2D eigenvalue weighted by Crippen LogP contribution is -2.41. The predicted molar refractivity (Wildman–Crippen MR) is 69.8 cm³/mol. The third-order valence-corrected chi connectivity index (χ3v) is 4.01. The predicted octanol–water partition coefficient (Wildman–Crippen LogP) is 2.07. The lowest BCUT2D eigenvalue weighted by molar-refractivity contribution is -0.122. The standard InChI is InChI=1S/C14H26N2O/c1-14(2)7-3-4-12(10-14)15-8-9-16-13(17)11-5-6-11/h11-12,15H,3-10H2,1-2H3,(H,16,17). The van der Waals surface area contributed by atoms with Crippen molar-refractivity contribution < 1.29 is 4.79 Å². The summed E-state index contributed by atoms with van der Waals surface area (Å²) >= 11 is 0. The Labute approximate surface area is 105 Å². The first kappa shape index (κ1) is 12.9. The molecule has 0 aliphatic heterocycles. The number of carbonyl (C=O) groups is 1. The van der Waals surface area contributed by atoms with Crippen LogP contribution in [0.5, 0.6) is 0 Å². The van der Waals surface area contributed by atoms with Crippen LogP contribution in [0.1, 0.15) is 52.4 Å². The SMILES string of the molecule is CC1(C)CCCC(NCCNC(=O)C2CC2)C1. The fourth-order valence-electron chi connectivity index (χ4n) is 2.82. The van der Waals surface area contributed by atoms with Gasteiger partial charge in [0.2, 0.25) is 5.91 Å². The van der Waals surface area contributed by atoms with E-state index in [0.717, 1.165) is 25.9 Å². The number of hydrogen-bond acceptors (Lipinski definition) is 2. The highest BCUT2D eigenvalue weighted by Crippen LogP contribution is 2.34. The molecule has 1 unspecified atom stereocenters. The van der Waals surface area contributed by atoms with E-state index in [1.165, 1.54) is 25.7 Å². The van der Waals surface area contributed by atoms with Crippen molar-refractivity contribution in [2.24, 2.45) is 11.3 Å². The Bertz CT molecular complexity index is 271. The highest BCUT2D eigenvalue weighted by molar-refractivity contribution is 5.80. The number of hydrogen-bond donors (Lipinski definition) is 2. The van der Waals surface area contributed by atoms with Crippen molar-refractivity contribution in [1.82, 2.24) is 10.6 Å². The summed E-state index contributed by atoms with van der Waals surface area (Å²) in [5, 5.41) is 6.58. The van der Waals surface area contributed by atoms with Gasteiger partial charge in [0, 0.05) is 25.0 Å². The average Bonchev–Trinajstić information content (AvgIpc) is 3.06. The summed E-state index contributed by atoms with van der Waals surface area (Å²) in [4.78, 5) is 11.4. The zero-order valence-electron chi connectivity index (χ0n) is 11.2. The molecule has 2 aliphatic carbocycles. The summed E-state index contributed by atoms with van der Waals surface area (Å²) in [7, 11) is 0. The maximum absolute atomic E-state index is 11.4. The Morgan fingerprint density at radius 2 is 2.00 bits per heavy atom. The summed E-state index contributed by atoms with van der Waals surface area (Å²) in [5.74, 6) is 0.597. The Balaban J connectivity index is 1.56. The average molecular weight is 238 g/mol. The molecule has 2 fully saturated rings. The molecule has 3 heteroatoms. The summed E-state index contributed by atoms with van der Waals surface area (Å²) in [6, 6.07) is 0.650. The van der Waals surface area contributed by atoms with Crippen molar-refractivity contribution in [3.8, 4) is 0 Å². The number of amides is 1. The van der Waals surface area contributed by atoms with Gasteiger partial charge in [-0.2, -0.15) is 0 Å². The summed E-state index contributed by atoms with van der Waals surface area (Å²) in [6.45, 7) is 6.41. The molecule has 2 N–H and O–H groups in total. The normalized spacial score (nSPS) is 27.8. The van der Waals surface area contributed by atoms with Crippen molar-refractivity contribution in [1.29, 1.82) is 0 Å². The maximum atomic E-state index is 11.4. The van der Waals surface area contributed by atoms with E-state index in [1.807, 2.05) is 0 Å². The van der Waals surface area contributed by atoms with E-state index < -0.39 is 0 Å². The molecule has 0 heterocycles. The van der Waals surface area contributed by atoms with E-state index in [9.17, 15) is 4.79 Å². The molecule has 17 heavy (non-hydrogen) atoms. The second-order valence-electron chi connectivity index (χ2n) is 6.48. The fourth-order valence-corrected chi connectivity index (χ4v) is 2.82. The highest BCUT2D eigenvalue weighted by Gasteiger charge is 2.29. The molecule has 0 aromatic heterocycles. The second-order valence-corrected chi connectivity index (χ2v) is 6.48. The maximum Gasteiger partial charge on any atom is 0.223 e. The third kappa shape index (κ3) is 4.30. The molecule has 3 nitrogen and oxygen atoms in total. The van der Waals surface area contributed by atoms with Crippen LogP contribution < -0.4 is 10.6 Å². The van der Waals surface area contributed by atoms with Crippen LogP contribution >= 0.6 is 0 Å². The van der Waals surface area contributed by atoms with Crippen LogP contribution in [0.15, 0.2) is 0 Å². The zero-order chi connectivity index (χ0) is 12.3. The van der Waals surface area contributed by atoms with Crippen LogP contribution in [0.2, 0.25) is 0 Å². The first-order valence-corrected chi connectivity index (χ1v) is 7.08. The Kier molecular flexibility index (Phi) is 4.08. The van der Waals surface area contributed by atoms with Gasteiger partial charge in [-0.15, -0.1) is 0 Å². The van der Waals surface area contributed by atoms with Gasteiger partial charge in [0.1, 0.15) is 0 Å². The van der Waals surface area contributed by atoms with Gasteiger partial charge in [-0.05, 0) is 37.5 Å². The Morgan fingerprint density at radius 1 is 1.24 bits per heavy atom. The van der Waals surface area contributed by atoms with Crippen LogP contribution in [0.25, 0.3) is 0 Å². The van der Waals surface area contributed by atoms with Crippen molar-refractivity contribution >= 4 is 5.91 Å². The minimum absolute atomic E-state index is 0.260. The monoisotopic (exact) mass is 238 g/mol. The zero-order valence-corrected chi connectivity index (χ0v) is 11.2. The molecule has 0 aromatic carbocycles. The number of rotatable bonds is 5. The molecule has 2 saturated carbocycles. The molecule has 1 amide bonds. The van der Waals surface area contributed by atoms with Crippen LogP contribution in [0.4, 0.5) is 0 Å². The van der Waals surface area contributed by atoms with Crippen molar-refractivity contribution in [3.63, 3.8) is 0 Å². The molecule has 0 bridgehead atoms. The number of carbonyl (C=O) groups excluding carboxylic acids is 1. The first-order chi connectivity index (χ1) is 8.07. The van der Waals surface area contributed by atoms with Crippen LogP contribution in [0, 0.1) is 11.3 Å². The summed E-state index contributed by atoms with van der Waals surface area (Å²) in [5.41, 5.74) is 0.493. The molecular formula is C14H26N2O. The van der Waals surface area contributed by atoms with Gasteiger partial charge in [-0.3, -0.25) is 4.79 Å². The summed E-state index contributed by atoms with van der Waals surface area (Å²) in [6.07, 6.45) is 7.43. The minimum atomic E-state index is 0.260. The van der Waals surface area contributed by atoms with Gasteiger partial charge < -0.3 is 10.6 Å². The van der Waals surface area contributed by atoms with Crippen molar-refractivity contribution in [2.45, 2.75) is 58.4 Å². The molecule has 1 atom stereocenters. The van der Waals surface area contributed by atoms with Gasteiger partial charge in [0.15, 0.2) is 0 Å². The molecule has 2 aliphatic rings. The molecule has 2 rings (SSSR count). The third-order valence-electron chi connectivity index (χ3n) is 4.01. The Hall–Kier alpha value is -0.570. The molecule has 98 valence electrons. The largest absolute Gasteiger partial charge is 0.355 e. The second kappa shape index (κ2) is 5.38. The fraction of sp³-hybridized carbons (Fsp3) is 0.929. The van der Waals surface area contributed by atoms with Gasteiger partial charge in [0.25, 0.3) is 0 Å². The van der Waals surface area contributed by atoms with Gasteiger partial charge >= 0.3 is 0 Å². The molecular weight excluding hydrogens is 212 g/mol. The van der Waals surface area contributed by atoms with E-state index in [-0.39, 0.29) is 5.91 Å². The molecule has 0 aromatic rings. The van der Waals surface area contributed by atoms with E-state index in [2.05, 4.69) is 24.5 Å². The first-order valence-electron chi connectivity index (χ1n) is 7.08. The highest BCUT2D eigenvalue weighted by atomic mass is 16.2. The summed E-state index contributed by atoms with van der Waals surface area (Å²) < 4.78 is 0. The van der Waals surface area contributed by atoms with E-state index >= 15 is 0 Å². The molecule has 0 radical (unpaired) electrons. The van der Waals surface area contributed by atoms with Crippen molar-refractivity contribution in [3.05, 3.63) is 0 Å². The van der Waals surface area contributed by atoms with Crippen molar-refractivity contribution in [2.75, 3.05) is 13.1 Å². The minimum Gasteiger partial charge on any atom is -0.355 e. The molecule has 0 spiro atoms. The number of nitrogens with one attached hydrogen (secondary N) is 2. The van der Waals surface area contributed by atoms with E-state index in [0.29, 0.717) is 17.4 Å². The molecule has 0 saturated heterocycles. The van der Waals surface area contributed by atoms with Gasteiger partial charge in [-0.1, -0.05) is 20.3 Å². The lowest BCUT2D eigenvalue weighted by Gasteiger charge is -2.35. The van der Waals surface area contributed by atoms with Crippen LogP contribution in [-0.4, -0.2) is 25.0 Å². The van der Waals surface area contributed by atoms with E-state index in [1.54, 1.807) is 0 Å². The van der Waals surface area contributed by atoms with Gasteiger partial charge in [0.05, 0.1) is 0 Å². The van der Waals surface area contributed by atoms with Gasteiger partial charge in [-0.25, -0.2) is 0 Å².